The SMILES string of the molecule is CC(=O)Nc1ccc(NC(=O)CCn2ccc(=O)[nH]c2=O)cc1. The van der Waals surface area contributed by atoms with Crippen molar-refractivity contribution in [3.63, 3.8) is 0 Å². The molecule has 3 N–H and O–H groups in total. The number of nitrogens with zero attached hydrogens (tertiary/aromatic N) is 1. The second-order valence-electron chi connectivity index (χ2n) is 4.86. The molecule has 1 aromatic heterocycles. The Morgan fingerprint density at radius 1 is 1.04 bits per heavy atom. The molecule has 120 valence electrons. The van der Waals surface area contributed by atoms with E-state index in [0.29, 0.717) is 11.4 Å². The molecular formula is C15H16N4O4. The molecule has 8 heteroatoms. The molecule has 0 fully saturated rings. The summed E-state index contributed by atoms with van der Waals surface area (Å²) in [5.74, 6) is -0.441. The molecule has 0 aliphatic carbocycles. The molecule has 0 bridgehead atoms. The molecule has 23 heavy (non-hydrogen) atoms. The summed E-state index contributed by atoms with van der Waals surface area (Å²) in [5.41, 5.74) is 0.188. The second-order valence-corrected chi connectivity index (χ2v) is 4.86. The summed E-state index contributed by atoms with van der Waals surface area (Å²) in [6.07, 6.45) is 1.43. The second kappa shape index (κ2) is 7.21. The standard InChI is InChI=1S/C15H16N4O4/c1-10(20)16-11-2-4-12(5-3-11)17-13(21)6-8-19-9-7-14(22)18-15(19)23/h2-5,7,9H,6,8H2,1H3,(H,16,20)(H,17,21)(H,18,22,23). The van der Waals surface area contributed by atoms with Crippen LogP contribution in [-0.2, 0) is 16.1 Å². The molecule has 2 rings (SSSR count). The molecule has 8 nitrogen and oxygen atoms in total. The first kappa shape index (κ1) is 16.2. The summed E-state index contributed by atoms with van der Waals surface area (Å²) in [5, 5.41) is 5.31. The highest BCUT2D eigenvalue weighted by atomic mass is 16.2. The van der Waals surface area contributed by atoms with E-state index in [4.69, 9.17) is 0 Å². The topological polar surface area (TPSA) is 113 Å². The number of carbonyl (C=O) groups excluding carboxylic acids is 2. The Hall–Kier alpha value is -3.16. The molecule has 0 unspecified atom stereocenters. The van der Waals surface area contributed by atoms with Gasteiger partial charge in [0.25, 0.3) is 5.56 Å². The zero-order valence-corrected chi connectivity index (χ0v) is 12.5. The number of amides is 2. The summed E-state index contributed by atoms with van der Waals surface area (Å²) >= 11 is 0. The van der Waals surface area contributed by atoms with Crippen LogP contribution in [0.5, 0.6) is 0 Å². The van der Waals surface area contributed by atoms with Crippen molar-refractivity contribution in [2.24, 2.45) is 0 Å². The number of anilines is 2. The van der Waals surface area contributed by atoms with E-state index in [1.165, 1.54) is 23.8 Å². The minimum atomic E-state index is -0.551. The number of nitrogens with one attached hydrogen (secondary N) is 3. The molecule has 0 aliphatic heterocycles. The number of aromatic amines is 1. The number of hydrogen-bond acceptors (Lipinski definition) is 4. The average Bonchev–Trinajstić information content (AvgIpc) is 2.48. The molecule has 1 aromatic carbocycles. The highest BCUT2D eigenvalue weighted by Gasteiger charge is 2.05. The van der Waals surface area contributed by atoms with Gasteiger partial charge in [-0.1, -0.05) is 0 Å². The van der Waals surface area contributed by atoms with E-state index in [2.05, 4.69) is 15.6 Å². The fourth-order valence-corrected chi connectivity index (χ4v) is 1.91. The third-order valence-electron chi connectivity index (χ3n) is 2.97. The van der Waals surface area contributed by atoms with Crippen LogP contribution < -0.4 is 21.9 Å². The van der Waals surface area contributed by atoms with E-state index in [1.54, 1.807) is 24.3 Å². The summed E-state index contributed by atoms with van der Waals surface area (Å²) in [4.78, 5) is 47.3. The number of hydrogen-bond donors (Lipinski definition) is 3. The summed E-state index contributed by atoms with van der Waals surface area (Å²) < 4.78 is 1.25. The fraction of sp³-hybridized carbons (Fsp3) is 0.200. The molecule has 2 amide bonds. The van der Waals surface area contributed by atoms with Crippen molar-refractivity contribution < 1.29 is 9.59 Å². The first-order valence-corrected chi connectivity index (χ1v) is 6.91. The van der Waals surface area contributed by atoms with E-state index in [1.807, 2.05) is 0 Å². The van der Waals surface area contributed by atoms with Gasteiger partial charge in [-0.2, -0.15) is 0 Å². The zero-order valence-electron chi connectivity index (χ0n) is 12.5. The van der Waals surface area contributed by atoms with Crippen molar-refractivity contribution in [1.29, 1.82) is 0 Å². The Labute approximate surface area is 131 Å². The smallest absolute Gasteiger partial charge is 0.326 e. The van der Waals surface area contributed by atoms with E-state index in [-0.39, 0.29) is 24.8 Å². The van der Waals surface area contributed by atoms with Crippen LogP contribution in [0, 0.1) is 0 Å². The molecule has 2 aromatic rings. The number of benzene rings is 1. The van der Waals surface area contributed by atoms with Gasteiger partial charge >= 0.3 is 5.69 Å². The summed E-state index contributed by atoms with van der Waals surface area (Å²) in [6.45, 7) is 1.57. The lowest BCUT2D eigenvalue weighted by molar-refractivity contribution is -0.116. The maximum absolute atomic E-state index is 11.9. The predicted octanol–water partition coefficient (Wildman–Crippen LogP) is 0.524. The van der Waals surface area contributed by atoms with E-state index >= 15 is 0 Å². The van der Waals surface area contributed by atoms with Gasteiger partial charge in [0.1, 0.15) is 0 Å². The molecular weight excluding hydrogens is 300 g/mol. The quantitative estimate of drug-likeness (QED) is 0.746. The van der Waals surface area contributed by atoms with Crippen LogP contribution in [0.4, 0.5) is 11.4 Å². The maximum Gasteiger partial charge on any atom is 0.328 e. The van der Waals surface area contributed by atoms with Crippen LogP contribution >= 0.6 is 0 Å². The average molecular weight is 316 g/mol. The minimum absolute atomic E-state index is 0.0827. The number of rotatable bonds is 5. The van der Waals surface area contributed by atoms with Gasteiger partial charge in [-0.3, -0.25) is 19.4 Å². The molecule has 0 spiro atoms. The van der Waals surface area contributed by atoms with E-state index in [0.717, 1.165) is 0 Å². The van der Waals surface area contributed by atoms with Gasteiger partial charge in [0, 0.05) is 43.5 Å². The van der Waals surface area contributed by atoms with Crippen molar-refractivity contribution in [3.05, 3.63) is 57.4 Å². The van der Waals surface area contributed by atoms with Gasteiger partial charge in [-0.25, -0.2) is 4.79 Å². The lowest BCUT2D eigenvalue weighted by Crippen LogP contribution is -2.29. The lowest BCUT2D eigenvalue weighted by Gasteiger charge is -2.08. The van der Waals surface area contributed by atoms with Crippen molar-refractivity contribution in [2.45, 2.75) is 19.9 Å². The van der Waals surface area contributed by atoms with E-state index in [9.17, 15) is 19.2 Å². The fourth-order valence-electron chi connectivity index (χ4n) is 1.91. The van der Waals surface area contributed by atoms with Crippen molar-refractivity contribution >= 4 is 23.2 Å². The zero-order chi connectivity index (χ0) is 16.8. The summed E-state index contributed by atoms with van der Waals surface area (Å²) in [6, 6.07) is 7.89. The van der Waals surface area contributed by atoms with E-state index < -0.39 is 11.2 Å². The Balaban J connectivity index is 1.90. The van der Waals surface area contributed by atoms with Crippen LogP contribution in [0.2, 0.25) is 0 Å². The minimum Gasteiger partial charge on any atom is -0.326 e. The van der Waals surface area contributed by atoms with Crippen molar-refractivity contribution in [1.82, 2.24) is 9.55 Å². The lowest BCUT2D eigenvalue weighted by atomic mass is 10.2. The molecule has 0 saturated heterocycles. The molecule has 0 radical (unpaired) electrons. The third kappa shape index (κ3) is 4.95. The van der Waals surface area contributed by atoms with Crippen molar-refractivity contribution in [2.75, 3.05) is 10.6 Å². The van der Waals surface area contributed by atoms with Crippen LogP contribution in [-0.4, -0.2) is 21.4 Å². The number of aromatic nitrogens is 2. The Bertz CT molecular complexity index is 820. The first-order valence-electron chi connectivity index (χ1n) is 6.91. The van der Waals surface area contributed by atoms with Crippen molar-refractivity contribution in [3.8, 4) is 0 Å². The normalized spacial score (nSPS) is 10.1. The monoisotopic (exact) mass is 316 g/mol. The van der Waals surface area contributed by atoms with Crippen LogP contribution in [0.1, 0.15) is 13.3 Å². The number of carbonyl (C=O) groups is 2. The van der Waals surface area contributed by atoms with Gasteiger partial charge in [0.2, 0.25) is 11.8 Å². The molecule has 0 atom stereocenters. The predicted molar refractivity (Wildman–Crippen MR) is 85.3 cm³/mol. The van der Waals surface area contributed by atoms with Gasteiger partial charge in [0.05, 0.1) is 0 Å². The third-order valence-corrected chi connectivity index (χ3v) is 2.97. The van der Waals surface area contributed by atoms with Gasteiger partial charge in [-0.05, 0) is 24.3 Å². The molecule has 1 heterocycles. The number of H-pyrrole nitrogens is 1. The highest BCUT2D eigenvalue weighted by Crippen LogP contribution is 2.13. The Kier molecular flexibility index (Phi) is 5.08. The van der Waals surface area contributed by atoms with Gasteiger partial charge in [-0.15, -0.1) is 0 Å². The van der Waals surface area contributed by atoms with Gasteiger partial charge < -0.3 is 15.2 Å². The Morgan fingerprint density at radius 2 is 1.65 bits per heavy atom. The van der Waals surface area contributed by atoms with Crippen LogP contribution in [0.15, 0.2) is 46.1 Å². The largest absolute Gasteiger partial charge is 0.328 e. The van der Waals surface area contributed by atoms with Crippen LogP contribution in [0.3, 0.4) is 0 Å². The first-order chi connectivity index (χ1) is 10.9. The Morgan fingerprint density at radius 3 is 2.22 bits per heavy atom. The summed E-state index contributed by atoms with van der Waals surface area (Å²) in [7, 11) is 0. The van der Waals surface area contributed by atoms with Gasteiger partial charge in [0.15, 0.2) is 0 Å². The molecule has 0 aliphatic rings. The maximum atomic E-state index is 11.9. The molecule has 0 saturated carbocycles. The van der Waals surface area contributed by atoms with Crippen LogP contribution in [0.25, 0.3) is 0 Å². The number of aryl methyl sites for hydroxylation is 1. The highest BCUT2D eigenvalue weighted by molar-refractivity contribution is 5.92.